The molecule has 2 aromatic carbocycles. The Kier molecular flexibility index (Phi) is 10.6. The molecule has 0 spiro atoms. The van der Waals surface area contributed by atoms with Gasteiger partial charge in [-0.25, -0.2) is 0 Å². The van der Waals surface area contributed by atoms with Crippen molar-refractivity contribution in [2.75, 3.05) is 7.11 Å². The fourth-order valence-electron chi connectivity index (χ4n) is 3.00. The van der Waals surface area contributed by atoms with E-state index in [0.717, 1.165) is 36.4 Å². The largest absolute Gasteiger partial charge is 0.674 e. The second kappa shape index (κ2) is 10.9. The predicted molar refractivity (Wildman–Crippen MR) is 107 cm³/mol. The van der Waals surface area contributed by atoms with Crippen LogP contribution >= 0.6 is 11.6 Å². The van der Waals surface area contributed by atoms with E-state index in [9.17, 15) is 18.3 Å². The molecule has 2 N–H and O–H groups in total. The quantitative estimate of drug-likeness (QED) is 0.439. The molecule has 2 aromatic rings. The van der Waals surface area contributed by atoms with Crippen LogP contribution in [0.25, 0.3) is 11.3 Å². The second-order valence-electron chi connectivity index (χ2n) is 6.33. The van der Waals surface area contributed by atoms with Crippen LogP contribution in [0, 0.1) is 14.4 Å². The van der Waals surface area contributed by atoms with Crippen molar-refractivity contribution >= 4 is 17.2 Å². The van der Waals surface area contributed by atoms with Crippen molar-refractivity contribution in [3.05, 3.63) is 83.4 Å². The van der Waals surface area contributed by atoms with E-state index in [1.165, 1.54) is 0 Å². The number of hydrogen-bond acceptors (Lipinski definition) is 2. The topological polar surface area (TPSA) is 53.3 Å². The van der Waals surface area contributed by atoms with Crippen LogP contribution in [0.3, 0.4) is 0 Å². The number of halogens is 4. The zero-order valence-electron chi connectivity index (χ0n) is 16.5. The predicted octanol–water partition coefficient (Wildman–Crippen LogP) is 6.86. The van der Waals surface area contributed by atoms with Crippen LogP contribution < -0.4 is 0 Å². The van der Waals surface area contributed by atoms with E-state index in [1.807, 2.05) is 0 Å². The maximum Gasteiger partial charge on any atom is 0.422 e. The Morgan fingerprint density at radius 1 is 1.21 bits per heavy atom. The summed E-state index contributed by atoms with van der Waals surface area (Å²) in [7, 11) is 0.965. The summed E-state index contributed by atoms with van der Waals surface area (Å²) in [5.41, 5.74) is 6.77. The summed E-state index contributed by atoms with van der Waals surface area (Å²) in [6, 6.07) is 8.32. The molecule has 1 unspecified atom stereocenters. The monoisotopic (exact) mass is 502 g/mol. The number of nitrogens with one attached hydrogen (secondary N) is 1. The molecule has 157 valence electrons. The van der Waals surface area contributed by atoms with Crippen LogP contribution in [0.2, 0.25) is 5.02 Å². The van der Waals surface area contributed by atoms with E-state index >= 15 is 0 Å². The van der Waals surface area contributed by atoms with Crippen molar-refractivity contribution < 1.29 is 55.7 Å². The molecular weight excluding hydrogens is 480 g/mol. The number of aromatic hydroxyl groups is 1. The third kappa shape index (κ3) is 6.05. The molecule has 1 atom stereocenters. The molecule has 1 radical (unpaired) electrons. The maximum atomic E-state index is 14.1. The summed E-state index contributed by atoms with van der Waals surface area (Å²) in [5.74, 6) is -0.385. The van der Waals surface area contributed by atoms with E-state index < -0.39 is 18.2 Å². The van der Waals surface area contributed by atoms with Gasteiger partial charge >= 0.3 is 6.18 Å². The van der Waals surface area contributed by atoms with Crippen molar-refractivity contribution in [2.45, 2.75) is 31.7 Å². The fraction of sp³-hybridized carbons (Fsp3) is 0.286. The van der Waals surface area contributed by atoms with Gasteiger partial charge in [-0.2, -0.15) is 13.2 Å². The third-order valence-electron chi connectivity index (χ3n) is 4.56. The standard InChI is InChI=1S/C20H20ClF3NO2.CH3.Y/c1-12-6-14(4-5-15(12)11-25)13(2)10-19(27-3,20(22,23)24)16-7-17(21)9-18(26)8-16;;/h4-9,25-26H,2,10-11H2,1,3H3;1H3;/q2*-1;. The first-order valence-electron chi connectivity index (χ1n) is 8.08. The summed E-state index contributed by atoms with van der Waals surface area (Å²) in [5, 5.41) is 9.69. The number of phenols is 1. The number of ether oxygens (including phenoxy) is 1. The van der Waals surface area contributed by atoms with Gasteiger partial charge in [0, 0.05) is 51.3 Å². The van der Waals surface area contributed by atoms with E-state index in [0.29, 0.717) is 5.56 Å². The van der Waals surface area contributed by atoms with Gasteiger partial charge in [0.1, 0.15) is 5.75 Å². The van der Waals surface area contributed by atoms with Crippen LogP contribution in [0.4, 0.5) is 13.2 Å². The number of hydrogen-bond donors (Lipinski definition) is 1. The average Bonchev–Trinajstić information content (AvgIpc) is 2.57. The van der Waals surface area contributed by atoms with E-state index in [-0.39, 0.29) is 68.6 Å². The second-order valence-corrected chi connectivity index (χ2v) is 6.76. The number of rotatable bonds is 6. The first-order valence-corrected chi connectivity index (χ1v) is 8.46. The number of benzene rings is 2. The summed E-state index contributed by atoms with van der Waals surface area (Å²) >= 11 is 5.85. The molecule has 0 aromatic heterocycles. The van der Waals surface area contributed by atoms with Crippen molar-refractivity contribution in [2.24, 2.45) is 0 Å². The van der Waals surface area contributed by atoms with Gasteiger partial charge in [0.15, 0.2) is 5.60 Å². The normalized spacial score (nSPS) is 13.1. The summed E-state index contributed by atoms with van der Waals surface area (Å²) in [6.07, 6.45) is -5.36. The third-order valence-corrected chi connectivity index (χ3v) is 4.78. The van der Waals surface area contributed by atoms with Crippen LogP contribution in [-0.2, 0) is 49.6 Å². The van der Waals surface area contributed by atoms with Gasteiger partial charge in [-0.3, -0.25) is 0 Å². The van der Waals surface area contributed by atoms with Crippen molar-refractivity contribution in [1.29, 1.82) is 0 Å². The first-order chi connectivity index (χ1) is 12.5. The minimum atomic E-state index is -4.78. The van der Waals surface area contributed by atoms with E-state index in [1.54, 1.807) is 25.1 Å². The Bertz CT molecular complexity index is 838. The van der Waals surface area contributed by atoms with Crippen LogP contribution in [-0.4, -0.2) is 18.4 Å². The minimum Gasteiger partial charge on any atom is -0.674 e. The maximum absolute atomic E-state index is 14.1. The minimum absolute atomic E-state index is 0. The zero-order chi connectivity index (χ0) is 20.4. The zero-order valence-corrected chi connectivity index (χ0v) is 20.1. The van der Waals surface area contributed by atoms with Gasteiger partial charge < -0.3 is 23.0 Å². The Labute approximate surface area is 200 Å². The molecule has 0 aliphatic heterocycles. The van der Waals surface area contributed by atoms with Crippen LogP contribution in [0.15, 0.2) is 43.0 Å². The van der Waals surface area contributed by atoms with Gasteiger partial charge in [0.05, 0.1) is 0 Å². The Morgan fingerprint density at radius 2 is 1.83 bits per heavy atom. The molecular formula is C21H23ClF3NO2Y-2. The Morgan fingerprint density at radius 3 is 2.28 bits per heavy atom. The summed E-state index contributed by atoms with van der Waals surface area (Å²) in [4.78, 5) is 0. The van der Waals surface area contributed by atoms with Gasteiger partial charge in [-0.1, -0.05) is 41.9 Å². The molecule has 0 fully saturated rings. The molecule has 0 saturated heterocycles. The van der Waals surface area contributed by atoms with Gasteiger partial charge in [-0.05, 0) is 47.4 Å². The van der Waals surface area contributed by atoms with Crippen molar-refractivity contribution in [1.82, 2.24) is 0 Å². The molecule has 0 amide bonds. The van der Waals surface area contributed by atoms with E-state index in [2.05, 4.69) is 6.58 Å². The summed E-state index contributed by atoms with van der Waals surface area (Å²) < 4.78 is 47.2. The van der Waals surface area contributed by atoms with E-state index in [4.69, 9.17) is 22.1 Å². The van der Waals surface area contributed by atoms with Crippen molar-refractivity contribution in [3.63, 3.8) is 0 Å². The van der Waals surface area contributed by atoms with Gasteiger partial charge in [0.25, 0.3) is 0 Å². The fourth-order valence-corrected chi connectivity index (χ4v) is 3.23. The molecule has 0 aliphatic carbocycles. The number of alkyl halides is 3. The summed E-state index contributed by atoms with van der Waals surface area (Å²) in [6.45, 7) is 5.70. The molecule has 2 rings (SSSR count). The van der Waals surface area contributed by atoms with Crippen LogP contribution in [0.1, 0.15) is 28.7 Å². The molecule has 8 heteroatoms. The van der Waals surface area contributed by atoms with Gasteiger partial charge in [-0.15, -0.1) is 6.54 Å². The molecule has 29 heavy (non-hydrogen) atoms. The van der Waals surface area contributed by atoms with Gasteiger partial charge in [0.2, 0.25) is 0 Å². The molecule has 3 nitrogen and oxygen atoms in total. The molecule has 0 aliphatic rings. The SMILES string of the molecule is C=C(CC(OC)(c1cc(O)cc(Cl)c1)C(F)(F)F)c1ccc(C[NH-])c(C)c1.[CH3-].[Y]. The molecule has 0 bridgehead atoms. The average molecular weight is 503 g/mol. The molecule has 0 saturated carbocycles. The molecule has 0 heterocycles. The van der Waals surface area contributed by atoms with Crippen molar-refractivity contribution in [3.8, 4) is 5.75 Å². The Hall–Kier alpha value is -0.916. The number of methoxy groups -OCH3 is 1. The smallest absolute Gasteiger partial charge is 0.422 e. The number of phenolic OH excluding ortho intramolecular Hbond substituents is 1. The first kappa shape index (κ1) is 28.1. The number of aryl methyl sites for hydroxylation is 1. The Balaban J connectivity index is 0.00000392. The van der Waals surface area contributed by atoms with Crippen LogP contribution in [0.5, 0.6) is 5.75 Å².